The first-order valence-electron chi connectivity index (χ1n) is 9.88. The van der Waals surface area contributed by atoms with Gasteiger partial charge in [0.05, 0.1) is 5.56 Å². The number of hydrogen-bond acceptors (Lipinski definition) is 4. The molecular formula is C24H19F3N2O3. The van der Waals surface area contributed by atoms with Crippen molar-refractivity contribution in [2.24, 2.45) is 0 Å². The number of alkyl halides is 3. The monoisotopic (exact) mass is 440 g/mol. The van der Waals surface area contributed by atoms with Gasteiger partial charge in [-0.15, -0.1) is 0 Å². The highest BCUT2D eigenvalue weighted by atomic mass is 19.4. The second kappa shape index (κ2) is 9.13. The largest absolute Gasteiger partial charge is 0.486 e. The zero-order valence-corrected chi connectivity index (χ0v) is 16.9. The molecule has 8 heteroatoms. The Bertz CT molecular complexity index is 1110. The topological polar surface area (TPSA) is 51.7 Å². The number of benzene rings is 2. The zero-order valence-electron chi connectivity index (χ0n) is 16.9. The minimum atomic E-state index is -4.57. The smallest absolute Gasteiger partial charge is 0.433 e. The Kier molecular flexibility index (Phi) is 6.11. The van der Waals surface area contributed by atoms with Gasteiger partial charge in [0, 0.05) is 24.5 Å². The Balaban J connectivity index is 1.63. The number of pyridine rings is 1. The number of nitrogens with zero attached hydrogens (tertiary/aromatic N) is 2. The molecular weight excluding hydrogens is 421 g/mol. The molecule has 0 N–H and O–H groups in total. The molecule has 0 saturated heterocycles. The Hall–Kier alpha value is -3.81. The number of anilines is 1. The first kappa shape index (κ1) is 21.4. The first-order chi connectivity index (χ1) is 15.4. The maximum absolute atomic E-state index is 13.2. The Morgan fingerprint density at radius 2 is 1.75 bits per heavy atom. The van der Waals surface area contributed by atoms with Crippen molar-refractivity contribution in [3.63, 3.8) is 0 Å². The van der Waals surface area contributed by atoms with Crippen molar-refractivity contribution in [2.75, 3.05) is 24.7 Å². The van der Waals surface area contributed by atoms with E-state index in [1.807, 2.05) is 42.5 Å². The average molecular weight is 440 g/mol. The summed E-state index contributed by atoms with van der Waals surface area (Å²) in [4.78, 5) is 18.1. The summed E-state index contributed by atoms with van der Waals surface area (Å²) in [6.07, 6.45) is 0.0391. The van der Waals surface area contributed by atoms with Crippen molar-refractivity contribution >= 4 is 17.7 Å². The maximum Gasteiger partial charge on any atom is 0.433 e. The summed E-state index contributed by atoms with van der Waals surface area (Å²) in [5, 5.41) is 0. The summed E-state index contributed by atoms with van der Waals surface area (Å²) in [5.74, 6) is 0.591. The van der Waals surface area contributed by atoms with Crippen LogP contribution in [0.2, 0.25) is 0 Å². The maximum atomic E-state index is 13.2. The van der Waals surface area contributed by atoms with Gasteiger partial charge in [0.15, 0.2) is 11.5 Å². The molecule has 1 aliphatic rings. The third kappa shape index (κ3) is 4.91. The quantitative estimate of drug-likeness (QED) is 0.545. The Morgan fingerprint density at radius 1 is 1.00 bits per heavy atom. The van der Waals surface area contributed by atoms with E-state index in [9.17, 15) is 18.0 Å². The standard InChI is InChI=1S/C24H19F3N2O3/c25-24(26,27)22-11-8-18(16-28-22)23(30)29(12-4-7-17-5-2-1-3-6-17)19-9-10-20-21(15-19)32-14-13-31-20/h1-11,15-16H,12-14H2/b7-4+. The highest BCUT2D eigenvalue weighted by Gasteiger charge is 2.32. The van der Waals surface area contributed by atoms with Gasteiger partial charge >= 0.3 is 6.18 Å². The van der Waals surface area contributed by atoms with E-state index in [-0.39, 0.29) is 12.1 Å². The predicted molar refractivity (Wildman–Crippen MR) is 114 cm³/mol. The van der Waals surface area contributed by atoms with E-state index in [0.717, 1.165) is 23.9 Å². The third-order valence-electron chi connectivity index (χ3n) is 4.78. The molecule has 0 atom stereocenters. The van der Waals surface area contributed by atoms with E-state index < -0.39 is 17.8 Å². The average Bonchev–Trinajstić information content (AvgIpc) is 2.81. The number of amides is 1. The Morgan fingerprint density at radius 3 is 2.44 bits per heavy atom. The van der Waals surface area contributed by atoms with Gasteiger partial charge in [-0.2, -0.15) is 13.2 Å². The van der Waals surface area contributed by atoms with Crippen LogP contribution in [-0.2, 0) is 6.18 Å². The van der Waals surface area contributed by atoms with Gasteiger partial charge < -0.3 is 14.4 Å². The van der Waals surface area contributed by atoms with Crippen molar-refractivity contribution in [1.29, 1.82) is 0 Å². The molecule has 3 aromatic rings. The summed E-state index contributed by atoms with van der Waals surface area (Å²) in [7, 11) is 0. The molecule has 5 nitrogen and oxygen atoms in total. The van der Waals surface area contributed by atoms with Crippen LogP contribution in [0.5, 0.6) is 11.5 Å². The second-order valence-electron chi connectivity index (χ2n) is 6.99. The molecule has 0 fully saturated rings. The van der Waals surface area contributed by atoms with E-state index in [4.69, 9.17) is 9.47 Å². The lowest BCUT2D eigenvalue weighted by Crippen LogP contribution is -2.31. The molecule has 2 aromatic carbocycles. The fourth-order valence-electron chi connectivity index (χ4n) is 3.21. The molecule has 2 heterocycles. The fourth-order valence-corrected chi connectivity index (χ4v) is 3.21. The van der Waals surface area contributed by atoms with Gasteiger partial charge in [-0.05, 0) is 29.8 Å². The van der Waals surface area contributed by atoms with E-state index in [1.165, 1.54) is 4.90 Å². The van der Waals surface area contributed by atoms with Crippen molar-refractivity contribution < 1.29 is 27.4 Å². The van der Waals surface area contributed by atoms with Crippen LogP contribution in [0.4, 0.5) is 18.9 Å². The summed E-state index contributed by atoms with van der Waals surface area (Å²) in [6.45, 7) is 1.02. The van der Waals surface area contributed by atoms with Gasteiger partial charge in [0.25, 0.3) is 5.91 Å². The van der Waals surface area contributed by atoms with Gasteiger partial charge in [-0.3, -0.25) is 9.78 Å². The van der Waals surface area contributed by atoms with Gasteiger partial charge in [-0.25, -0.2) is 0 Å². The van der Waals surface area contributed by atoms with Gasteiger partial charge in [-0.1, -0.05) is 42.5 Å². The number of ether oxygens (including phenoxy) is 2. The normalized spacial score (nSPS) is 13.2. The van der Waals surface area contributed by atoms with E-state index in [2.05, 4.69) is 4.98 Å². The van der Waals surface area contributed by atoms with Crippen LogP contribution in [0.1, 0.15) is 21.6 Å². The van der Waals surface area contributed by atoms with Crippen molar-refractivity contribution in [3.05, 3.63) is 89.8 Å². The number of fused-ring (bicyclic) bond motifs is 1. The van der Waals surface area contributed by atoms with Crippen LogP contribution in [0.3, 0.4) is 0 Å². The van der Waals surface area contributed by atoms with E-state index >= 15 is 0 Å². The molecule has 4 rings (SSSR count). The molecule has 0 radical (unpaired) electrons. The first-order valence-corrected chi connectivity index (χ1v) is 9.88. The minimum Gasteiger partial charge on any atom is -0.486 e. The van der Waals surface area contributed by atoms with Crippen LogP contribution in [0, 0.1) is 0 Å². The number of halogens is 3. The van der Waals surface area contributed by atoms with Gasteiger partial charge in [0.1, 0.15) is 18.9 Å². The van der Waals surface area contributed by atoms with E-state index in [0.29, 0.717) is 30.4 Å². The lowest BCUT2D eigenvalue weighted by atomic mass is 10.1. The minimum absolute atomic E-state index is 0.0426. The summed E-state index contributed by atoms with van der Waals surface area (Å²) in [6, 6.07) is 16.6. The molecule has 1 aromatic heterocycles. The molecule has 0 bridgehead atoms. The SMILES string of the molecule is O=C(c1ccc(C(F)(F)F)nc1)N(C/C=C/c1ccccc1)c1ccc2c(c1)OCCO2. The summed E-state index contributed by atoms with van der Waals surface area (Å²) >= 11 is 0. The fraction of sp³-hybridized carbons (Fsp3) is 0.167. The van der Waals surface area contributed by atoms with Crippen molar-refractivity contribution in [3.8, 4) is 11.5 Å². The Labute approximate surface area is 182 Å². The highest BCUT2D eigenvalue weighted by Crippen LogP contribution is 2.34. The zero-order chi connectivity index (χ0) is 22.6. The number of carbonyl (C=O) groups is 1. The van der Waals surface area contributed by atoms with Crippen LogP contribution < -0.4 is 14.4 Å². The summed E-state index contributed by atoms with van der Waals surface area (Å²) in [5.41, 5.74) is 0.472. The van der Waals surface area contributed by atoms with E-state index in [1.54, 1.807) is 18.2 Å². The number of carbonyl (C=O) groups excluding carboxylic acids is 1. The molecule has 32 heavy (non-hydrogen) atoms. The molecule has 164 valence electrons. The molecule has 1 amide bonds. The molecule has 0 unspecified atom stereocenters. The van der Waals surface area contributed by atoms with Crippen LogP contribution in [0.25, 0.3) is 6.08 Å². The molecule has 0 saturated carbocycles. The second-order valence-corrected chi connectivity index (χ2v) is 6.99. The van der Waals surface area contributed by atoms with Crippen LogP contribution >= 0.6 is 0 Å². The lowest BCUT2D eigenvalue weighted by Gasteiger charge is -2.24. The third-order valence-corrected chi connectivity index (χ3v) is 4.78. The number of aromatic nitrogens is 1. The molecule has 0 spiro atoms. The van der Waals surface area contributed by atoms with Crippen LogP contribution in [0.15, 0.2) is 72.9 Å². The van der Waals surface area contributed by atoms with Crippen molar-refractivity contribution in [1.82, 2.24) is 4.98 Å². The van der Waals surface area contributed by atoms with Crippen LogP contribution in [-0.4, -0.2) is 30.6 Å². The molecule has 0 aliphatic carbocycles. The lowest BCUT2D eigenvalue weighted by molar-refractivity contribution is -0.141. The molecule has 1 aliphatic heterocycles. The summed E-state index contributed by atoms with van der Waals surface area (Å²) < 4.78 is 49.7. The number of rotatable bonds is 5. The van der Waals surface area contributed by atoms with Gasteiger partial charge in [0.2, 0.25) is 0 Å². The van der Waals surface area contributed by atoms with Crippen molar-refractivity contribution in [2.45, 2.75) is 6.18 Å². The highest BCUT2D eigenvalue weighted by molar-refractivity contribution is 6.06. The number of hydrogen-bond donors (Lipinski definition) is 0. The predicted octanol–water partition coefficient (Wildman–Crippen LogP) is 5.23.